The molecule has 102 valence electrons. The summed E-state index contributed by atoms with van der Waals surface area (Å²) in [6.07, 6.45) is 0.931. The number of carbonyl (C=O) groups is 1. The summed E-state index contributed by atoms with van der Waals surface area (Å²) in [5, 5.41) is 0. The Labute approximate surface area is 122 Å². The molecule has 3 heteroatoms. The summed E-state index contributed by atoms with van der Waals surface area (Å²) in [4.78, 5) is 12.7. The van der Waals surface area contributed by atoms with Crippen LogP contribution in [0.2, 0.25) is 0 Å². The van der Waals surface area contributed by atoms with Crippen molar-refractivity contribution in [2.24, 2.45) is 5.92 Å². The Balaban J connectivity index is 1.56. The maximum atomic E-state index is 13.5. The molecule has 1 aliphatic carbocycles. The Kier molecular flexibility index (Phi) is 3.88. The van der Waals surface area contributed by atoms with E-state index in [0.717, 1.165) is 6.42 Å². The van der Waals surface area contributed by atoms with Gasteiger partial charge in [0.1, 0.15) is 11.6 Å². The highest BCUT2D eigenvalue weighted by Crippen LogP contribution is 2.48. The van der Waals surface area contributed by atoms with E-state index in [1.54, 1.807) is 18.2 Å². The van der Waals surface area contributed by atoms with Gasteiger partial charge in [0.15, 0.2) is 0 Å². The molecule has 0 radical (unpaired) electrons. The third-order valence-electron chi connectivity index (χ3n) is 3.64. The fourth-order valence-corrected chi connectivity index (χ4v) is 3.33. The van der Waals surface area contributed by atoms with Crippen LogP contribution in [0.3, 0.4) is 0 Å². The van der Waals surface area contributed by atoms with E-state index in [9.17, 15) is 9.18 Å². The predicted octanol–water partition coefficient (Wildman–Crippen LogP) is 4.29. The number of Topliss-reactive ketones (excluding diaryl/α,β-unsaturated/α-hetero) is 1. The summed E-state index contributed by atoms with van der Waals surface area (Å²) in [7, 11) is 0. The lowest BCUT2D eigenvalue weighted by molar-refractivity contribution is -0.117. The van der Waals surface area contributed by atoms with Gasteiger partial charge in [0.2, 0.25) is 0 Å². The molecule has 2 aromatic carbocycles. The zero-order valence-electron chi connectivity index (χ0n) is 11.0. The number of thioether (sulfide) groups is 1. The summed E-state index contributed by atoms with van der Waals surface area (Å²) in [6.45, 7) is 0. The smallest absolute Gasteiger partial charge is 0.146 e. The highest BCUT2D eigenvalue weighted by Gasteiger charge is 2.43. The number of ketones is 1. The molecule has 3 rings (SSSR count). The second-order valence-corrected chi connectivity index (χ2v) is 6.06. The number of halogens is 1. The van der Waals surface area contributed by atoms with Crippen molar-refractivity contribution in [3.8, 4) is 0 Å². The van der Waals surface area contributed by atoms with Gasteiger partial charge in [-0.1, -0.05) is 42.5 Å². The third kappa shape index (κ3) is 2.93. The zero-order valence-corrected chi connectivity index (χ0v) is 11.8. The molecule has 0 aliphatic heterocycles. The number of carbonyl (C=O) groups excluding carboxylic acids is 1. The first kappa shape index (κ1) is 13.4. The van der Waals surface area contributed by atoms with Crippen LogP contribution in [0.15, 0.2) is 59.5 Å². The lowest BCUT2D eigenvalue weighted by Crippen LogP contribution is -2.05. The Morgan fingerprint density at radius 2 is 1.80 bits per heavy atom. The summed E-state index contributed by atoms with van der Waals surface area (Å²) in [5.74, 6) is 0.823. The largest absolute Gasteiger partial charge is 0.298 e. The normalized spacial score (nSPS) is 20.6. The fraction of sp³-hybridized carbons (Fsp3) is 0.235. The Hall–Kier alpha value is -1.61. The van der Waals surface area contributed by atoms with Crippen molar-refractivity contribution < 1.29 is 9.18 Å². The van der Waals surface area contributed by atoms with E-state index >= 15 is 0 Å². The summed E-state index contributed by atoms with van der Waals surface area (Å²) in [6, 6.07) is 16.7. The number of benzene rings is 2. The molecule has 1 aliphatic rings. The van der Waals surface area contributed by atoms with Crippen molar-refractivity contribution >= 4 is 17.5 Å². The lowest BCUT2D eigenvalue weighted by atomic mass is 10.1. The monoisotopic (exact) mass is 286 g/mol. The third-order valence-corrected chi connectivity index (χ3v) is 4.71. The maximum absolute atomic E-state index is 13.5. The van der Waals surface area contributed by atoms with Crippen LogP contribution in [0.4, 0.5) is 4.39 Å². The van der Waals surface area contributed by atoms with Gasteiger partial charge in [0.05, 0.1) is 5.75 Å². The van der Waals surface area contributed by atoms with Crippen molar-refractivity contribution in [2.75, 3.05) is 5.75 Å². The molecule has 1 nitrogen and oxygen atoms in total. The second kappa shape index (κ2) is 5.80. The summed E-state index contributed by atoms with van der Waals surface area (Å²) >= 11 is 1.30. The minimum Gasteiger partial charge on any atom is -0.298 e. The first-order valence-electron chi connectivity index (χ1n) is 6.70. The Morgan fingerprint density at radius 3 is 2.55 bits per heavy atom. The summed E-state index contributed by atoms with van der Waals surface area (Å²) < 4.78 is 13.5. The van der Waals surface area contributed by atoms with Crippen LogP contribution >= 0.6 is 11.8 Å². The van der Waals surface area contributed by atoms with Crippen molar-refractivity contribution in [3.63, 3.8) is 0 Å². The minimum absolute atomic E-state index is 0.122. The molecule has 20 heavy (non-hydrogen) atoms. The van der Waals surface area contributed by atoms with Crippen molar-refractivity contribution in [3.05, 3.63) is 66.0 Å². The van der Waals surface area contributed by atoms with Crippen molar-refractivity contribution in [2.45, 2.75) is 17.2 Å². The van der Waals surface area contributed by atoms with Crippen LogP contribution in [0.25, 0.3) is 0 Å². The average molecular weight is 286 g/mol. The first-order valence-corrected chi connectivity index (χ1v) is 7.69. The van der Waals surface area contributed by atoms with Gasteiger partial charge >= 0.3 is 0 Å². The van der Waals surface area contributed by atoms with E-state index in [-0.39, 0.29) is 17.5 Å². The van der Waals surface area contributed by atoms with E-state index in [1.807, 2.05) is 18.2 Å². The molecule has 0 N–H and O–H groups in total. The van der Waals surface area contributed by atoms with E-state index in [4.69, 9.17) is 0 Å². The molecule has 1 fully saturated rings. The van der Waals surface area contributed by atoms with Gasteiger partial charge < -0.3 is 0 Å². The van der Waals surface area contributed by atoms with Crippen molar-refractivity contribution in [1.82, 2.24) is 0 Å². The number of hydrogen-bond acceptors (Lipinski definition) is 2. The van der Waals surface area contributed by atoms with Crippen molar-refractivity contribution in [1.29, 1.82) is 0 Å². The quantitative estimate of drug-likeness (QED) is 0.763. The van der Waals surface area contributed by atoms with Gasteiger partial charge in [0.25, 0.3) is 0 Å². The Bertz CT molecular complexity index is 611. The van der Waals surface area contributed by atoms with Gasteiger partial charge in [-0.2, -0.15) is 0 Å². The molecular weight excluding hydrogens is 271 g/mol. The van der Waals surface area contributed by atoms with Crippen LogP contribution in [-0.4, -0.2) is 11.5 Å². The van der Waals surface area contributed by atoms with Crippen LogP contribution in [0.1, 0.15) is 17.9 Å². The number of hydrogen-bond donors (Lipinski definition) is 0. The highest BCUT2D eigenvalue weighted by atomic mass is 32.2. The van der Waals surface area contributed by atoms with E-state index in [0.29, 0.717) is 16.6 Å². The van der Waals surface area contributed by atoms with Gasteiger partial charge in [0, 0.05) is 10.8 Å². The van der Waals surface area contributed by atoms with Crippen LogP contribution in [-0.2, 0) is 4.79 Å². The van der Waals surface area contributed by atoms with Crippen LogP contribution in [0.5, 0.6) is 0 Å². The van der Waals surface area contributed by atoms with Crippen LogP contribution in [0, 0.1) is 11.7 Å². The zero-order chi connectivity index (χ0) is 13.9. The molecular formula is C17H15FOS. The molecule has 0 saturated heterocycles. The molecule has 1 saturated carbocycles. The van der Waals surface area contributed by atoms with Gasteiger partial charge in [-0.05, 0) is 30.0 Å². The molecule has 2 unspecified atom stereocenters. The molecule has 2 aromatic rings. The standard InChI is InChI=1S/C17H15FOS/c18-15-8-4-5-9-17(15)20-11-16(19)14-10-13(14)12-6-2-1-3-7-12/h1-9,13-14H,10-11H2. The lowest BCUT2D eigenvalue weighted by Gasteiger charge is -2.03. The van der Waals surface area contributed by atoms with E-state index in [2.05, 4.69) is 12.1 Å². The predicted molar refractivity (Wildman–Crippen MR) is 79.4 cm³/mol. The molecule has 0 spiro atoms. The molecule has 0 aromatic heterocycles. The topological polar surface area (TPSA) is 17.1 Å². The Morgan fingerprint density at radius 1 is 1.10 bits per heavy atom. The average Bonchev–Trinajstić information content (AvgIpc) is 3.28. The van der Waals surface area contributed by atoms with E-state index < -0.39 is 0 Å². The highest BCUT2D eigenvalue weighted by molar-refractivity contribution is 8.00. The van der Waals surface area contributed by atoms with Gasteiger partial charge in [-0.3, -0.25) is 4.79 Å². The second-order valence-electron chi connectivity index (χ2n) is 5.04. The summed E-state index contributed by atoms with van der Waals surface area (Å²) in [5.41, 5.74) is 1.24. The molecule has 0 amide bonds. The SMILES string of the molecule is O=C(CSc1ccccc1F)C1CC1c1ccccc1. The maximum Gasteiger partial charge on any atom is 0.146 e. The number of rotatable bonds is 5. The molecule has 0 heterocycles. The van der Waals surface area contributed by atoms with Gasteiger partial charge in [-0.25, -0.2) is 4.39 Å². The first-order chi connectivity index (χ1) is 9.75. The molecule has 2 atom stereocenters. The van der Waals surface area contributed by atoms with Crippen LogP contribution < -0.4 is 0 Å². The van der Waals surface area contributed by atoms with E-state index in [1.165, 1.54) is 23.4 Å². The van der Waals surface area contributed by atoms with Gasteiger partial charge in [-0.15, -0.1) is 11.8 Å². The molecule has 0 bridgehead atoms. The fourth-order valence-electron chi connectivity index (χ4n) is 2.44. The minimum atomic E-state index is -0.249.